The van der Waals surface area contributed by atoms with E-state index < -0.39 is 0 Å². The van der Waals surface area contributed by atoms with E-state index in [0.717, 1.165) is 44.3 Å². The normalized spacial score (nSPS) is 19.6. The minimum atomic E-state index is 0.0145. The highest BCUT2D eigenvalue weighted by Gasteiger charge is 2.29. The number of likely N-dealkylation sites (tertiary alicyclic amines) is 2. The van der Waals surface area contributed by atoms with Gasteiger partial charge in [0.1, 0.15) is 0 Å². The zero-order valence-electron chi connectivity index (χ0n) is 15.2. The van der Waals surface area contributed by atoms with Crippen molar-refractivity contribution in [1.82, 2.24) is 9.80 Å². The number of hydrogen-bond donors (Lipinski definition) is 0. The Morgan fingerprint density at radius 3 is 2.12 bits per heavy atom. The van der Waals surface area contributed by atoms with E-state index in [1.165, 1.54) is 12.8 Å². The third kappa shape index (κ3) is 5.10. The molecule has 0 spiro atoms. The van der Waals surface area contributed by atoms with Gasteiger partial charge in [-0.3, -0.25) is 9.59 Å². The molecule has 2 saturated heterocycles. The maximum absolute atomic E-state index is 12.7. The Balaban J connectivity index is 1.48. The molecule has 2 aliphatic heterocycles. The molecule has 0 aromatic heterocycles. The van der Waals surface area contributed by atoms with Crippen molar-refractivity contribution < 1.29 is 9.59 Å². The summed E-state index contributed by atoms with van der Waals surface area (Å²) in [6, 6.07) is 7.40. The van der Waals surface area contributed by atoms with Crippen molar-refractivity contribution in [2.24, 2.45) is 5.92 Å². The predicted octanol–water partition coefficient (Wildman–Crippen LogP) is 3.99. The smallest absolute Gasteiger partial charge is 0.246 e. The Morgan fingerprint density at radius 2 is 1.50 bits per heavy atom. The van der Waals surface area contributed by atoms with Gasteiger partial charge in [-0.25, -0.2) is 0 Å². The third-order valence-corrected chi connectivity index (χ3v) is 5.61. The van der Waals surface area contributed by atoms with Gasteiger partial charge in [-0.05, 0) is 49.5 Å². The monoisotopic (exact) mass is 374 g/mol. The molecule has 26 heavy (non-hydrogen) atoms. The zero-order valence-corrected chi connectivity index (χ0v) is 16.0. The molecule has 2 aliphatic rings. The Kier molecular flexibility index (Phi) is 6.73. The summed E-state index contributed by atoms with van der Waals surface area (Å²) in [7, 11) is 0. The van der Waals surface area contributed by atoms with Crippen LogP contribution in [0.4, 0.5) is 0 Å². The standard InChI is InChI=1S/C21H27ClN2O2/c22-19-8-5-17(6-9-19)7-10-20(25)23-15-11-18(12-16-23)21(26)24-13-3-1-2-4-14-24/h5-10,18H,1-4,11-16H2/b10-7+. The van der Waals surface area contributed by atoms with Crippen LogP contribution in [0.1, 0.15) is 44.1 Å². The van der Waals surface area contributed by atoms with Gasteiger partial charge in [-0.1, -0.05) is 36.6 Å². The average molecular weight is 375 g/mol. The topological polar surface area (TPSA) is 40.6 Å². The first-order chi connectivity index (χ1) is 12.6. The number of amides is 2. The highest BCUT2D eigenvalue weighted by Crippen LogP contribution is 2.22. The SMILES string of the molecule is O=C(/C=C/c1ccc(Cl)cc1)N1CCC(C(=O)N2CCCCCC2)CC1. The van der Waals surface area contributed by atoms with Gasteiger partial charge in [0, 0.05) is 43.2 Å². The summed E-state index contributed by atoms with van der Waals surface area (Å²) in [5, 5.41) is 0.685. The minimum Gasteiger partial charge on any atom is -0.342 e. The number of rotatable bonds is 3. The van der Waals surface area contributed by atoms with Gasteiger partial charge in [0.2, 0.25) is 11.8 Å². The van der Waals surface area contributed by atoms with Crippen molar-refractivity contribution in [3.05, 3.63) is 40.9 Å². The van der Waals surface area contributed by atoms with Gasteiger partial charge in [0.05, 0.1) is 0 Å². The largest absolute Gasteiger partial charge is 0.342 e. The number of piperidine rings is 1. The summed E-state index contributed by atoms with van der Waals surface area (Å²) >= 11 is 5.87. The fourth-order valence-electron chi connectivity index (χ4n) is 3.74. The van der Waals surface area contributed by atoms with Crippen LogP contribution in [0.15, 0.2) is 30.3 Å². The van der Waals surface area contributed by atoms with Crippen LogP contribution in [0.3, 0.4) is 0 Å². The average Bonchev–Trinajstić information content (AvgIpc) is 2.96. The fourth-order valence-corrected chi connectivity index (χ4v) is 3.87. The van der Waals surface area contributed by atoms with Gasteiger partial charge in [0.15, 0.2) is 0 Å². The zero-order chi connectivity index (χ0) is 18.4. The van der Waals surface area contributed by atoms with Crippen molar-refractivity contribution in [2.45, 2.75) is 38.5 Å². The lowest BCUT2D eigenvalue weighted by atomic mass is 9.95. The van der Waals surface area contributed by atoms with Crippen LogP contribution in [0.2, 0.25) is 5.02 Å². The van der Waals surface area contributed by atoms with Crippen molar-refractivity contribution in [2.75, 3.05) is 26.2 Å². The maximum Gasteiger partial charge on any atom is 0.246 e. The number of carbonyl (C=O) groups is 2. The first kappa shape index (κ1) is 19.0. The van der Waals surface area contributed by atoms with E-state index in [-0.39, 0.29) is 11.8 Å². The van der Waals surface area contributed by atoms with Crippen molar-refractivity contribution in [3.63, 3.8) is 0 Å². The Bertz CT molecular complexity index is 640. The van der Waals surface area contributed by atoms with Crippen LogP contribution in [-0.2, 0) is 9.59 Å². The summed E-state index contributed by atoms with van der Waals surface area (Å²) in [5.74, 6) is 0.397. The first-order valence-corrected chi connectivity index (χ1v) is 10.0. The molecule has 0 unspecified atom stereocenters. The fraction of sp³-hybridized carbons (Fsp3) is 0.524. The van der Waals surface area contributed by atoms with Crippen LogP contribution in [0.5, 0.6) is 0 Å². The predicted molar refractivity (Wildman–Crippen MR) is 105 cm³/mol. The highest BCUT2D eigenvalue weighted by molar-refractivity contribution is 6.30. The number of carbonyl (C=O) groups excluding carboxylic acids is 2. The summed E-state index contributed by atoms with van der Waals surface area (Å²) in [6.07, 6.45) is 9.68. The quantitative estimate of drug-likeness (QED) is 0.750. The summed E-state index contributed by atoms with van der Waals surface area (Å²) in [5.41, 5.74) is 0.953. The van der Waals surface area contributed by atoms with E-state index in [9.17, 15) is 9.59 Å². The van der Waals surface area contributed by atoms with E-state index in [4.69, 9.17) is 11.6 Å². The molecule has 4 nitrogen and oxygen atoms in total. The summed E-state index contributed by atoms with van der Waals surface area (Å²) in [6.45, 7) is 3.13. The number of benzene rings is 1. The number of halogens is 1. The number of hydrogen-bond acceptors (Lipinski definition) is 2. The second-order valence-corrected chi connectivity index (χ2v) is 7.66. The van der Waals surface area contributed by atoms with Crippen molar-refractivity contribution in [1.29, 1.82) is 0 Å². The molecular formula is C21H27ClN2O2. The van der Waals surface area contributed by atoms with Gasteiger partial charge in [-0.2, -0.15) is 0 Å². The lowest BCUT2D eigenvalue weighted by Gasteiger charge is -2.33. The molecule has 3 rings (SSSR count). The van der Waals surface area contributed by atoms with Crippen molar-refractivity contribution in [3.8, 4) is 0 Å². The molecule has 1 aromatic carbocycles. The van der Waals surface area contributed by atoms with Gasteiger partial charge in [-0.15, -0.1) is 0 Å². The molecule has 0 N–H and O–H groups in total. The van der Waals surface area contributed by atoms with Crippen LogP contribution in [0, 0.1) is 5.92 Å². The molecule has 2 heterocycles. The lowest BCUT2D eigenvalue weighted by molar-refractivity contribution is -0.139. The van der Waals surface area contributed by atoms with Gasteiger partial charge < -0.3 is 9.80 Å². The Labute approximate surface area is 160 Å². The van der Waals surface area contributed by atoms with E-state index >= 15 is 0 Å². The molecule has 0 radical (unpaired) electrons. The van der Waals surface area contributed by atoms with Gasteiger partial charge in [0.25, 0.3) is 0 Å². The summed E-state index contributed by atoms with van der Waals surface area (Å²) < 4.78 is 0. The van der Waals surface area contributed by atoms with Crippen LogP contribution in [-0.4, -0.2) is 47.8 Å². The minimum absolute atomic E-state index is 0.0145. The van der Waals surface area contributed by atoms with Crippen LogP contribution >= 0.6 is 11.6 Å². The van der Waals surface area contributed by atoms with Gasteiger partial charge >= 0.3 is 0 Å². The van der Waals surface area contributed by atoms with Crippen molar-refractivity contribution >= 4 is 29.5 Å². The summed E-state index contributed by atoms with van der Waals surface area (Å²) in [4.78, 5) is 29.0. The van der Waals surface area contributed by atoms with Crippen LogP contribution in [0.25, 0.3) is 6.08 Å². The van der Waals surface area contributed by atoms with E-state index in [1.807, 2.05) is 35.2 Å². The number of nitrogens with zero attached hydrogens (tertiary/aromatic N) is 2. The molecule has 0 atom stereocenters. The second kappa shape index (κ2) is 9.22. The first-order valence-electron chi connectivity index (χ1n) is 9.65. The Morgan fingerprint density at radius 1 is 0.885 bits per heavy atom. The lowest BCUT2D eigenvalue weighted by Crippen LogP contribution is -2.44. The molecule has 1 aromatic rings. The van der Waals surface area contributed by atoms with Crippen LogP contribution < -0.4 is 0 Å². The third-order valence-electron chi connectivity index (χ3n) is 5.36. The molecule has 0 bridgehead atoms. The molecule has 0 saturated carbocycles. The van der Waals surface area contributed by atoms with E-state index in [1.54, 1.807) is 6.08 Å². The molecule has 140 valence electrons. The molecule has 5 heteroatoms. The molecule has 2 fully saturated rings. The highest BCUT2D eigenvalue weighted by atomic mass is 35.5. The maximum atomic E-state index is 12.7. The second-order valence-electron chi connectivity index (χ2n) is 7.22. The molecule has 2 amide bonds. The molecule has 0 aliphatic carbocycles. The molecular weight excluding hydrogens is 348 g/mol. The Hall–Kier alpha value is -1.81. The van der Waals surface area contributed by atoms with E-state index in [2.05, 4.69) is 4.90 Å². The van der Waals surface area contributed by atoms with E-state index in [0.29, 0.717) is 24.0 Å².